The minimum atomic E-state index is -0.354. The van der Waals surface area contributed by atoms with Crippen molar-refractivity contribution in [1.82, 2.24) is 9.80 Å². The Labute approximate surface area is 97.6 Å². The minimum Gasteiger partial charge on any atom is -0.332 e. The maximum absolute atomic E-state index is 12.0. The van der Waals surface area contributed by atoms with E-state index in [0.29, 0.717) is 19.0 Å². The standard InChI is InChI=1S/C12H22N2O2/c1-8(2)13-6-10(5)7-14(9(3)4)12(16)11(13)15/h8-10H,6-7H2,1-5H3. The first-order valence-electron chi connectivity index (χ1n) is 5.96. The van der Waals surface area contributed by atoms with Gasteiger partial charge in [-0.1, -0.05) is 6.92 Å². The maximum atomic E-state index is 12.0. The molecule has 1 heterocycles. The van der Waals surface area contributed by atoms with Crippen molar-refractivity contribution in [2.75, 3.05) is 13.1 Å². The van der Waals surface area contributed by atoms with Gasteiger partial charge in [-0.25, -0.2) is 0 Å². The molecule has 0 saturated carbocycles. The Hall–Kier alpha value is -1.06. The molecule has 0 bridgehead atoms. The van der Waals surface area contributed by atoms with Gasteiger partial charge in [-0.3, -0.25) is 9.59 Å². The van der Waals surface area contributed by atoms with Gasteiger partial charge in [0.1, 0.15) is 0 Å². The van der Waals surface area contributed by atoms with E-state index in [1.54, 1.807) is 9.80 Å². The molecule has 4 heteroatoms. The SMILES string of the molecule is CC1CN(C(C)C)C(=O)C(=O)N(C(C)C)C1. The third-order valence-electron chi connectivity index (χ3n) is 2.97. The van der Waals surface area contributed by atoms with Gasteiger partial charge in [0.05, 0.1) is 0 Å². The second kappa shape index (κ2) is 4.85. The lowest BCUT2D eigenvalue weighted by Crippen LogP contribution is -2.46. The molecule has 0 aromatic heterocycles. The number of rotatable bonds is 2. The summed E-state index contributed by atoms with van der Waals surface area (Å²) in [4.78, 5) is 27.3. The van der Waals surface area contributed by atoms with Gasteiger partial charge in [0, 0.05) is 25.2 Å². The van der Waals surface area contributed by atoms with Crippen LogP contribution in [0, 0.1) is 5.92 Å². The first kappa shape index (κ1) is 13.0. The Balaban J connectivity index is 2.95. The lowest BCUT2D eigenvalue weighted by Gasteiger charge is -2.25. The van der Waals surface area contributed by atoms with E-state index in [1.807, 2.05) is 27.7 Å². The maximum Gasteiger partial charge on any atom is 0.312 e. The van der Waals surface area contributed by atoms with Crippen LogP contribution in [0.2, 0.25) is 0 Å². The molecule has 0 spiro atoms. The zero-order valence-corrected chi connectivity index (χ0v) is 10.9. The largest absolute Gasteiger partial charge is 0.332 e. The summed E-state index contributed by atoms with van der Waals surface area (Å²) in [7, 11) is 0. The molecule has 1 rings (SSSR count). The third-order valence-corrected chi connectivity index (χ3v) is 2.97. The number of hydrogen-bond acceptors (Lipinski definition) is 2. The van der Waals surface area contributed by atoms with Crippen LogP contribution in [-0.4, -0.2) is 46.8 Å². The smallest absolute Gasteiger partial charge is 0.312 e. The van der Waals surface area contributed by atoms with E-state index in [-0.39, 0.29) is 23.9 Å². The van der Waals surface area contributed by atoms with E-state index >= 15 is 0 Å². The summed E-state index contributed by atoms with van der Waals surface area (Å²) in [5.41, 5.74) is 0. The predicted octanol–water partition coefficient (Wildman–Crippen LogP) is 1.11. The zero-order valence-electron chi connectivity index (χ0n) is 10.9. The van der Waals surface area contributed by atoms with Gasteiger partial charge in [-0.2, -0.15) is 0 Å². The topological polar surface area (TPSA) is 40.6 Å². The molecule has 2 amide bonds. The van der Waals surface area contributed by atoms with Crippen molar-refractivity contribution >= 4 is 11.8 Å². The second-order valence-corrected chi connectivity index (χ2v) is 5.21. The molecule has 0 aliphatic carbocycles. The first-order chi connectivity index (χ1) is 7.34. The third kappa shape index (κ3) is 2.54. The highest BCUT2D eigenvalue weighted by Crippen LogP contribution is 2.15. The van der Waals surface area contributed by atoms with Crippen LogP contribution in [-0.2, 0) is 9.59 Å². The van der Waals surface area contributed by atoms with E-state index in [2.05, 4.69) is 6.92 Å². The summed E-state index contributed by atoms with van der Waals surface area (Å²) in [5, 5.41) is 0. The minimum absolute atomic E-state index is 0.0889. The molecule has 0 unspecified atom stereocenters. The average Bonchev–Trinajstić information content (AvgIpc) is 2.29. The van der Waals surface area contributed by atoms with Crippen LogP contribution in [0.5, 0.6) is 0 Å². The van der Waals surface area contributed by atoms with Crippen molar-refractivity contribution in [2.45, 2.75) is 46.7 Å². The number of carbonyl (C=O) groups is 2. The van der Waals surface area contributed by atoms with Crippen molar-refractivity contribution in [3.05, 3.63) is 0 Å². The molecule has 0 radical (unpaired) electrons. The van der Waals surface area contributed by atoms with Crippen molar-refractivity contribution in [3.8, 4) is 0 Å². The Morgan fingerprint density at radius 2 is 1.25 bits per heavy atom. The summed E-state index contributed by atoms with van der Waals surface area (Å²) in [6.07, 6.45) is 0. The molecule has 0 aromatic carbocycles. The van der Waals surface area contributed by atoms with Gasteiger partial charge in [0.25, 0.3) is 0 Å². The van der Waals surface area contributed by atoms with Crippen molar-refractivity contribution < 1.29 is 9.59 Å². The number of amides is 2. The molecule has 0 N–H and O–H groups in total. The Kier molecular flexibility index (Phi) is 3.94. The summed E-state index contributed by atoms with van der Waals surface area (Å²) >= 11 is 0. The highest BCUT2D eigenvalue weighted by atomic mass is 16.2. The molecule has 92 valence electrons. The Bertz CT molecular complexity index is 259. The average molecular weight is 226 g/mol. The fourth-order valence-electron chi connectivity index (χ4n) is 2.03. The summed E-state index contributed by atoms with van der Waals surface area (Å²) < 4.78 is 0. The zero-order chi connectivity index (χ0) is 12.5. The number of hydrogen-bond donors (Lipinski definition) is 0. The quantitative estimate of drug-likeness (QED) is 0.662. The Morgan fingerprint density at radius 3 is 1.50 bits per heavy atom. The normalized spacial score (nSPS) is 19.9. The summed E-state index contributed by atoms with van der Waals surface area (Å²) in [5.74, 6) is -0.374. The molecule has 1 aliphatic heterocycles. The lowest BCUT2D eigenvalue weighted by atomic mass is 10.1. The van der Waals surface area contributed by atoms with Gasteiger partial charge in [0.15, 0.2) is 0 Å². The van der Waals surface area contributed by atoms with Gasteiger partial charge < -0.3 is 9.80 Å². The van der Waals surface area contributed by atoms with Crippen LogP contribution in [0.25, 0.3) is 0 Å². The fourth-order valence-corrected chi connectivity index (χ4v) is 2.03. The van der Waals surface area contributed by atoms with Crippen LogP contribution >= 0.6 is 0 Å². The summed E-state index contributed by atoms with van der Waals surface area (Å²) in [6.45, 7) is 11.2. The van der Waals surface area contributed by atoms with Crippen LogP contribution in [0.3, 0.4) is 0 Å². The molecular weight excluding hydrogens is 204 g/mol. The van der Waals surface area contributed by atoms with Crippen LogP contribution in [0.1, 0.15) is 34.6 Å². The highest BCUT2D eigenvalue weighted by Gasteiger charge is 2.35. The molecular formula is C12H22N2O2. The van der Waals surface area contributed by atoms with E-state index in [9.17, 15) is 9.59 Å². The predicted molar refractivity (Wildman–Crippen MR) is 62.9 cm³/mol. The fraction of sp³-hybridized carbons (Fsp3) is 0.833. The van der Waals surface area contributed by atoms with Crippen LogP contribution in [0.4, 0.5) is 0 Å². The van der Waals surface area contributed by atoms with E-state index < -0.39 is 0 Å². The van der Waals surface area contributed by atoms with Crippen molar-refractivity contribution in [1.29, 1.82) is 0 Å². The van der Waals surface area contributed by atoms with Gasteiger partial charge in [-0.15, -0.1) is 0 Å². The second-order valence-electron chi connectivity index (χ2n) is 5.21. The lowest BCUT2D eigenvalue weighted by molar-refractivity contribution is -0.152. The van der Waals surface area contributed by atoms with Gasteiger partial charge in [-0.05, 0) is 33.6 Å². The van der Waals surface area contributed by atoms with Crippen LogP contribution in [0.15, 0.2) is 0 Å². The molecule has 0 atom stereocenters. The molecule has 1 fully saturated rings. The van der Waals surface area contributed by atoms with Crippen LogP contribution < -0.4 is 0 Å². The number of nitrogens with zero attached hydrogens (tertiary/aromatic N) is 2. The van der Waals surface area contributed by atoms with Gasteiger partial charge >= 0.3 is 11.8 Å². The molecule has 16 heavy (non-hydrogen) atoms. The number of carbonyl (C=O) groups excluding carboxylic acids is 2. The van der Waals surface area contributed by atoms with Gasteiger partial charge in [0.2, 0.25) is 0 Å². The van der Waals surface area contributed by atoms with Crippen molar-refractivity contribution in [3.63, 3.8) is 0 Å². The Morgan fingerprint density at radius 1 is 0.938 bits per heavy atom. The summed E-state index contributed by atoms with van der Waals surface area (Å²) in [6, 6.07) is 0.178. The van der Waals surface area contributed by atoms with Crippen molar-refractivity contribution in [2.24, 2.45) is 5.92 Å². The van der Waals surface area contributed by atoms with E-state index in [4.69, 9.17) is 0 Å². The molecule has 1 aliphatic rings. The van der Waals surface area contributed by atoms with E-state index in [0.717, 1.165) is 0 Å². The molecule has 4 nitrogen and oxygen atoms in total. The molecule has 0 aromatic rings. The monoisotopic (exact) mass is 226 g/mol. The first-order valence-corrected chi connectivity index (χ1v) is 5.96. The highest BCUT2D eigenvalue weighted by molar-refractivity contribution is 6.35. The molecule has 1 saturated heterocycles. The van der Waals surface area contributed by atoms with E-state index in [1.165, 1.54) is 0 Å².